The monoisotopic (exact) mass is 179 g/mol. The van der Waals surface area contributed by atoms with Crippen LogP contribution in [-0.4, -0.2) is 10.9 Å². The van der Waals surface area contributed by atoms with Gasteiger partial charge in [0.05, 0.1) is 0 Å². The van der Waals surface area contributed by atoms with Crippen LogP contribution in [-0.2, 0) is 0 Å². The van der Waals surface area contributed by atoms with Gasteiger partial charge in [0.2, 0.25) is 0 Å². The Labute approximate surface area is 77.1 Å². The molecule has 1 aromatic rings. The van der Waals surface area contributed by atoms with Crippen molar-refractivity contribution in [3.8, 4) is 0 Å². The van der Waals surface area contributed by atoms with E-state index in [2.05, 4.69) is 5.16 Å². The number of Topliss-reactive ketones (excluding diaryl/α,β-unsaturated/α-hetero) is 1. The maximum Gasteiger partial charge on any atom is 0.181 e. The van der Waals surface area contributed by atoms with Crippen LogP contribution in [0.4, 0.5) is 0 Å². The van der Waals surface area contributed by atoms with Crippen molar-refractivity contribution in [2.45, 2.75) is 38.5 Å². The number of ketones is 1. The molecule has 13 heavy (non-hydrogen) atoms. The van der Waals surface area contributed by atoms with Crippen LogP contribution in [0.3, 0.4) is 0 Å². The van der Waals surface area contributed by atoms with Gasteiger partial charge in [-0.25, -0.2) is 0 Å². The Morgan fingerprint density at radius 1 is 1.54 bits per heavy atom. The maximum absolute atomic E-state index is 11.2. The second-order valence-electron chi connectivity index (χ2n) is 3.66. The van der Waals surface area contributed by atoms with E-state index in [1.807, 2.05) is 0 Å². The first-order valence-corrected chi connectivity index (χ1v) is 4.74. The molecule has 0 aromatic carbocycles. The molecule has 0 N–H and O–H groups in total. The van der Waals surface area contributed by atoms with E-state index < -0.39 is 0 Å². The van der Waals surface area contributed by atoms with Gasteiger partial charge in [-0.05, 0) is 18.8 Å². The topological polar surface area (TPSA) is 43.1 Å². The minimum atomic E-state index is 0.00986. The Morgan fingerprint density at radius 2 is 2.23 bits per heavy atom. The molecule has 1 heterocycles. The highest BCUT2D eigenvalue weighted by Gasteiger charge is 2.24. The molecule has 0 atom stereocenters. The van der Waals surface area contributed by atoms with E-state index in [4.69, 9.17) is 4.52 Å². The van der Waals surface area contributed by atoms with Gasteiger partial charge in [-0.1, -0.05) is 18.0 Å². The summed E-state index contributed by atoms with van der Waals surface area (Å²) in [6, 6.07) is 0. The fraction of sp³-hybridized carbons (Fsp3) is 0.600. The van der Waals surface area contributed by atoms with E-state index in [1.165, 1.54) is 32.6 Å². The van der Waals surface area contributed by atoms with Gasteiger partial charge >= 0.3 is 0 Å². The Morgan fingerprint density at radius 3 is 2.85 bits per heavy atom. The van der Waals surface area contributed by atoms with Gasteiger partial charge in [-0.15, -0.1) is 0 Å². The fourth-order valence-corrected chi connectivity index (χ4v) is 2.04. The number of hydrogen-bond acceptors (Lipinski definition) is 3. The number of rotatable bonds is 2. The van der Waals surface area contributed by atoms with Crippen molar-refractivity contribution in [2.24, 2.45) is 0 Å². The van der Waals surface area contributed by atoms with Crippen LogP contribution in [0, 0.1) is 0 Å². The molecule has 2 rings (SSSR count). The van der Waals surface area contributed by atoms with E-state index in [-0.39, 0.29) is 5.78 Å². The molecule has 0 unspecified atom stereocenters. The van der Waals surface area contributed by atoms with Gasteiger partial charge in [0.25, 0.3) is 0 Å². The first-order chi connectivity index (χ1) is 6.29. The van der Waals surface area contributed by atoms with Crippen molar-refractivity contribution in [2.75, 3.05) is 0 Å². The first-order valence-electron chi connectivity index (χ1n) is 4.74. The van der Waals surface area contributed by atoms with Gasteiger partial charge < -0.3 is 4.52 Å². The molecule has 0 aliphatic heterocycles. The molecule has 0 radical (unpaired) electrons. The first kappa shape index (κ1) is 8.48. The fourth-order valence-electron chi connectivity index (χ4n) is 2.04. The predicted molar refractivity (Wildman–Crippen MR) is 47.7 cm³/mol. The molecule has 3 nitrogen and oxygen atoms in total. The van der Waals surface area contributed by atoms with E-state index >= 15 is 0 Å². The average molecular weight is 179 g/mol. The summed E-state index contributed by atoms with van der Waals surface area (Å²) in [5, 5.41) is 3.74. The van der Waals surface area contributed by atoms with Gasteiger partial charge in [-0.3, -0.25) is 4.79 Å². The zero-order valence-electron chi connectivity index (χ0n) is 7.75. The number of carbonyl (C=O) groups excluding carboxylic acids is 1. The highest BCUT2D eigenvalue weighted by molar-refractivity contribution is 5.93. The van der Waals surface area contributed by atoms with Crippen molar-refractivity contribution in [3.05, 3.63) is 17.5 Å². The van der Waals surface area contributed by atoms with Crippen LogP contribution in [0.1, 0.15) is 54.6 Å². The average Bonchev–Trinajstić information content (AvgIpc) is 2.74. The van der Waals surface area contributed by atoms with Crippen molar-refractivity contribution < 1.29 is 9.32 Å². The summed E-state index contributed by atoms with van der Waals surface area (Å²) >= 11 is 0. The molecule has 0 spiro atoms. The summed E-state index contributed by atoms with van der Waals surface area (Å²) < 4.78 is 4.85. The van der Waals surface area contributed by atoms with Crippen LogP contribution in [0.15, 0.2) is 10.8 Å². The van der Waals surface area contributed by atoms with Gasteiger partial charge in [-0.2, -0.15) is 0 Å². The molecule has 1 aromatic heterocycles. The van der Waals surface area contributed by atoms with E-state index in [0.29, 0.717) is 11.6 Å². The second-order valence-corrected chi connectivity index (χ2v) is 3.66. The van der Waals surface area contributed by atoms with Crippen LogP contribution in [0.5, 0.6) is 0 Å². The van der Waals surface area contributed by atoms with Gasteiger partial charge in [0, 0.05) is 12.5 Å². The lowest BCUT2D eigenvalue weighted by Gasteiger charge is -2.05. The molecule has 1 fully saturated rings. The molecule has 70 valence electrons. The van der Waals surface area contributed by atoms with E-state index in [0.717, 1.165) is 5.56 Å². The lowest BCUT2D eigenvalue weighted by molar-refractivity contribution is 0.100. The molecule has 1 aliphatic carbocycles. The molecular weight excluding hydrogens is 166 g/mol. The van der Waals surface area contributed by atoms with Crippen LogP contribution in [0.25, 0.3) is 0 Å². The Kier molecular flexibility index (Phi) is 2.17. The molecule has 3 heteroatoms. The standard InChI is InChI=1S/C10H13NO2/c1-7(12)10-9(6-13-11-10)8-4-2-3-5-8/h6,8H,2-5H2,1H3. The van der Waals surface area contributed by atoms with Crippen molar-refractivity contribution in [1.82, 2.24) is 5.16 Å². The van der Waals surface area contributed by atoms with Crippen LogP contribution < -0.4 is 0 Å². The minimum absolute atomic E-state index is 0.00986. The smallest absolute Gasteiger partial charge is 0.181 e. The second kappa shape index (κ2) is 3.32. The summed E-state index contributed by atoms with van der Waals surface area (Å²) in [6.45, 7) is 1.54. The minimum Gasteiger partial charge on any atom is -0.364 e. The lowest BCUT2D eigenvalue weighted by Crippen LogP contribution is -2.01. The summed E-state index contributed by atoms with van der Waals surface area (Å²) in [7, 11) is 0. The molecule has 0 bridgehead atoms. The van der Waals surface area contributed by atoms with Crippen molar-refractivity contribution in [3.63, 3.8) is 0 Å². The number of hydrogen-bond donors (Lipinski definition) is 0. The zero-order valence-corrected chi connectivity index (χ0v) is 7.75. The summed E-state index contributed by atoms with van der Waals surface area (Å²) in [5.74, 6) is 0.515. The Bertz CT molecular complexity index is 310. The summed E-state index contributed by atoms with van der Waals surface area (Å²) in [5.41, 5.74) is 1.55. The highest BCUT2D eigenvalue weighted by atomic mass is 16.5. The lowest BCUT2D eigenvalue weighted by atomic mass is 9.97. The quantitative estimate of drug-likeness (QED) is 0.655. The Balaban J connectivity index is 2.28. The normalized spacial score (nSPS) is 17.9. The summed E-state index contributed by atoms with van der Waals surface area (Å²) in [6.07, 6.45) is 6.48. The number of nitrogens with zero attached hydrogens (tertiary/aromatic N) is 1. The van der Waals surface area contributed by atoms with Crippen LogP contribution in [0.2, 0.25) is 0 Å². The molecule has 0 amide bonds. The van der Waals surface area contributed by atoms with Crippen molar-refractivity contribution in [1.29, 1.82) is 0 Å². The Hall–Kier alpha value is -1.12. The molecular formula is C10H13NO2. The van der Waals surface area contributed by atoms with Crippen LogP contribution >= 0.6 is 0 Å². The van der Waals surface area contributed by atoms with Gasteiger partial charge in [0.1, 0.15) is 6.26 Å². The third-order valence-electron chi connectivity index (χ3n) is 2.73. The molecule has 1 saturated carbocycles. The third-order valence-corrected chi connectivity index (χ3v) is 2.73. The van der Waals surface area contributed by atoms with Gasteiger partial charge in [0.15, 0.2) is 11.5 Å². The molecule has 0 saturated heterocycles. The van der Waals surface area contributed by atoms with E-state index in [1.54, 1.807) is 6.26 Å². The number of carbonyl (C=O) groups is 1. The predicted octanol–water partition coefficient (Wildman–Crippen LogP) is 2.53. The number of aromatic nitrogens is 1. The zero-order chi connectivity index (χ0) is 9.26. The SMILES string of the molecule is CC(=O)c1nocc1C1CCCC1. The molecule has 1 aliphatic rings. The summed E-state index contributed by atoms with van der Waals surface area (Å²) in [4.78, 5) is 11.2. The third kappa shape index (κ3) is 1.50. The largest absolute Gasteiger partial charge is 0.364 e. The highest BCUT2D eigenvalue weighted by Crippen LogP contribution is 2.35. The van der Waals surface area contributed by atoms with Crippen molar-refractivity contribution >= 4 is 5.78 Å². The van der Waals surface area contributed by atoms with E-state index in [9.17, 15) is 4.79 Å². The maximum atomic E-state index is 11.2.